The van der Waals surface area contributed by atoms with Crippen molar-refractivity contribution in [1.29, 1.82) is 0 Å². The first-order valence-corrected chi connectivity index (χ1v) is 6.79. The highest BCUT2D eigenvalue weighted by molar-refractivity contribution is 5.78. The van der Waals surface area contributed by atoms with Crippen molar-refractivity contribution in [2.75, 3.05) is 13.1 Å². The zero-order valence-corrected chi connectivity index (χ0v) is 12.0. The normalized spacial score (nSPS) is 14.2. The Balaban J connectivity index is 2.54. The largest absolute Gasteiger partial charge is 0.354 e. The SMILES string of the molecule is CC(CN)C(=O)NCC(N)c1ccc(C(C)C)cc1. The number of benzene rings is 1. The molecule has 0 saturated carbocycles. The fourth-order valence-corrected chi connectivity index (χ4v) is 1.74. The molecule has 1 amide bonds. The number of carbonyl (C=O) groups excluding carboxylic acids is 1. The van der Waals surface area contributed by atoms with Gasteiger partial charge in [0.15, 0.2) is 0 Å². The van der Waals surface area contributed by atoms with Crippen LogP contribution in [0.4, 0.5) is 0 Å². The Morgan fingerprint density at radius 2 is 1.68 bits per heavy atom. The smallest absolute Gasteiger partial charge is 0.224 e. The van der Waals surface area contributed by atoms with Crippen molar-refractivity contribution in [3.63, 3.8) is 0 Å². The summed E-state index contributed by atoms with van der Waals surface area (Å²) >= 11 is 0. The van der Waals surface area contributed by atoms with Gasteiger partial charge in [-0.25, -0.2) is 0 Å². The first-order valence-electron chi connectivity index (χ1n) is 6.79. The van der Waals surface area contributed by atoms with Crippen LogP contribution in [0.15, 0.2) is 24.3 Å². The lowest BCUT2D eigenvalue weighted by molar-refractivity contribution is -0.124. The van der Waals surface area contributed by atoms with E-state index in [0.29, 0.717) is 19.0 Å². The molecule has 1 aromatic rings. The Hall–Kier alpha value is -1.39. The van der Waals surface area contributed by atoms with E-state index in [1.807, 2.05) is 12.1 Å². The second-order valence-corrected chi connectivity index (χ2v) is 5.31. The summed E-state index contributed by atoms with van der Waals surface area (Å²) in [6.45, 7) is 6.90. The van der Waals surface area contributed by atoms with Crippen LogP contribution in [0.3, 0.4) is 0 Å². The molecule has 4 heteroatoms. The maximum absolute atomic E-state index is 11.6. The molecular formula is C15H25N3O. The van der Waals surface area contributed by atoms with Gasteiger partial charge >= 0.3 is 0 Å². The van der Waals surface area contributed by atoms with Crippen molar-refractivity contribution in [3.8, 4) is 0 Å². The summed E-state index contributed by atoms with van der Waals surface area (Å²) in [7, 11) is 0. The molecule has 4 nitrogen and oxygen atoms in total. The third-order valence-corrected chi connectivity index (χ3v) is 3.33. The fourth-order valence-electron chi connectivity index (χ4n) is 1.74. The van der Waals surface area contributed by atoms with Crippen molar-refractivity contribution in [2.24, 2.45) is 17.4 Å². The van der Waals surface area contributed by atoms with Gasteiger partial charge in [0.05, 0.1) is 0 Å². The molecule has 106 valence electrons. The monoisotopic (exact) mass is 263 g/mol. The number of amides is 1. The molecule has 0 fully saturated rings. The van der Waals surface area contributed by atoms with Gasteiger partial charge in [-0.3, -0.25) is 4.79 Å². The van der Waals surface area contributed by atoms with Crippen LogP contribution < -0.4 is 16.8 Å². The molecule has 1 rings (SSSR count). The Morgan fingerprint density at radius 3 is 2.16 bits per heavy atom. The summed E-state index contributed by atoms with van der Waals surface area (Å²) in [6, 6.07) is 8.04. The fraction of sp³-hybridized carbons (Fsp3) is 0.533. The van der Waals surface area contributed by atoms with Gasteiger partial charge in [-0.05, 0) is 17.0 Å². The molecule has 0 aliphatic rings. The first-order chi connectivity index (χ1) is 8.95. The standard InChI is InChI=1S/C15H25N3O/c1-10(2)12-4-6-13(7-5-12)14(17)9-18-15(19)11(3)8-16/h4-7,10-11,14H,8-9,16-17H2,1-3H3,(H,18,19). The topological polar surface area (TPSA) is 81.1 Å². The number of hydrogen-bond acceptors (Lipinski definition) is 3. The van der Waals surface area contributed by atoms with E-state index < -0.39 is 0 Å². The van der Waals surface area contributed by atoms with Gasteiger partial charge in [0.1, 0.15) is 0 Å². The van der Waals surface area contributed by atoms with Crippen molar-refractivity contribution in [1.82, 2.24) is 5.32 Å². The molecular weight excluding hydrogens is 238 g/mol. The Morgan fingerprint density at radius 1 is 1.16 bits per heavy atom. The lowest BCUT2D eigenvalue weighted by Gasteiger charge is -2.16. The second-order valence-electron chi connectivity index (χ2n) is 5.31. The van der Waals surface area contributed by atoms with E-state index in [4.69, 9.17) is 11.5 Å². The highest BCUT2D eigenvalue weighted by Gasteiger charge is 2.13. The van der Waals surface area contributed by atoms with E-state index in [9.17, 15) is 4.79 Å². The molecule has 0 aliphatic carbocycles. The van der Waals surface area contributed by atoms with Gasteiger partial charge in [-0.2, -0.15) is 0 Å². The van der Waals surface area contributed by atoms with E-state index in [1.54, 1.807) is 6.92 Å². The minimum Gasteiger partial charge on any atom is -0.354 e. The highest BCUT2D eigenvalue weighted by Crippen LogP contribution is 2.17. The van der Waals surface area contributed by atoms with Crippen LogP contribution in [0.1, 0.15) is 43.9 Å². The summed E-state index contributed by atoms with van der Waals surface area (Å²) in [5.74, 6) is 0.294. The summed E-state index contributed by atoms with van der Waals surface area (Å²) < 4.78 is 0. The van der Waals surface area contributed by atoms with Crippen LogP contribution in [0.2, 0.25) is 0 Å². The zero-order chi connectivity index (χ0) is 14.4. The molecule has 2 atom stereocenters. The van der Waals surface area contributed by atoms with E-state index in [0.717, 1.165) is 5.56 Å². The Kier molecular flexibility index (Phi) is 5.99. The van der Waals surface area contributed by atoms with Gasteiger partial charge in [-0.1, -0.05) is 45.0 Å². The lowest BCUT2D eigenvalue weighted by Crippen LogP contribution is -2.37. The van der Waals surface area contributed by atoms with Crippen LogP contribution in [0, 0.1) is 5.92 Å². The lowest BCUT2D eigenvalue weighted by atomic mass is 9.99. The maximum atomic E-state index is 11.6. The number of nitrogens with two attached hydrogens (primary N) is 2. The minimum atomic E-state index is -0.185. The van der Waals surface area contributed by atoms with E-state index in [2.05, 4.69) is 31.3 Å². The van der Waals surface area contributed by atoms with Crippen molar-refractivity contribution in [3.05, 3.63) is 35.4 Å². The number of nitrogens with one attached hydrogen (secondary N) is 1. The van der Waals surface area contributed by atoms with Gasteiger partial charge in [-0.15, -0.1) is 0 Å². The molecule has 2 unspecified atom stereocenters. The predicted molar refractivity (Wildman–Crippen MR) is 78.7 cm³/mol. The minimum absolute atomic E-state index is 0.0447. The van der Waals surface area contributed by atoms with Crippen LogP contribution >= 0.6 is 0 Å². The highest BCUT2D eigenvalue weighted by atomic mass is 16.1. The molecule has 0 radical (unpaired) electrons. The second kappa shape index (κ2) is 7.26. The average Bonchev–Trinajstić information content (AvgIpc) is 2.43. The van der Waals surface area contributed by atoms with Gasteiger partial charge < -0.3 is 16.8 Å². The quantitative estimate of drug-likeness (QED) is 0.728. The molecule has 0 saturated heterocycles. The number of hydrogen-bond donors (Lipinski definition) is 3. The Bertz CT molecular complexity index is 400. The van der Waals surface area contributed by atoms with Crippen LogP contribution in [0.25, 0.3) is 0 Å². The van der Waals surface area contributed by atoms with Gasteiger partial charge in [0.2, 0.25) is 5.91 Å². The first kappa shape index (κ1) is 15.7. The summed E-state index contributed by atoms with van der Waals surface area (Å²) in [5, 5.41) is 2.83. The van der Waals surface area contributed by atoms with E-state index in [-0.39, 0.29) is 17.9 Å². The van der Waals surface area contributed by atoms with Crippen molar-refractivity contribution in [2.45, 2.75) is 32.7 Å². The molecule has 0 aliphatic heterocycles. The van der Waals surface area contributed by atoms with Crippen LogP contribution in [0.5, 0.6) is 0 Å². The molecule has 0 heterocycles. The van der Waals surface area contributed by atoms with Crippen molar-refractivity contribution >= 4 is 5.91 Å². The maximum Gasteiger partial charge on any atom is 0.224 e. The van der Waals surface area contributed by atoms with E-state index in [1.165, 1.54) is 5.56 Å². The van der Waals surface area contributed by atoms with Gasteiger partial charge in [0, 0.05) is 25.0 Å². The van der Waals surface area contributed by atoms with Crippen molar-refractivity contribution < 1.29 is 4.79 Å². The number of rotatable bonds is 6. The Labute approximate surface area is 115 Å². The van der Waals surface area contributed by atoms with Gasteiger partial charge in [0.25, 0.3) is 0 Å². The van der Waals surface area contributed by atoms with Crippen LogP contribution in [-0.2, 0) is 4.79 Å². The molecule has 19 heavy (non-hydrogen) atoms. The molecule has 0 bridgehead atoms. The summed E-state index contributed by atoms with van der Waals surface area (Å²) in [5.41, 5.74) is 13.8. The molecule has 0 spiro atoms. The zero-order valence-electron chi connectivity index (χ0n) is 12.0. The molecule has 0 aromatic heterocycles. The average molecular weight is 263 g/mol. The third kappa shape index (κ3) is 4.65. The van der Waals surface area contributed by atoms with E-state index >= 15 is 0 Å². The molecule has 5 N–H and O–H groups in total. The van der Waals surface area contributed by atoms with Crippen LogP contribution in [-0.4, -0.2) is 19.0 Å². The molecule has 1 aromatic carbocycles. The third-order valence-electron chi connectivity index (χ3n) is 3.33. The summed E-state index contributed by atoms with van der Waals surface area (Å²) in [4.78, 5) is 11.6. The summed E-state index contributed by atoms with van der Waals surface area (Å²) in [6.07, 6.45) is 0. The number of carbonyl (C=O) groups is 1. The predicted octanol–water partition coefficient (Wildman–Crippen LogP) is 1.52.